The van der Waals surface area contributed by atoms with Crippen LogP contribution in [-0.2, 0) is 0 Å². The number of nitrogens with zero attached hydrogens (tertiary/aromatic N) is 2. The highest BCUT2D eigenvalue weighted by atomic mass is 127. The van der Waals surface area contributed by atoms with E-state index in [0.29, 0.717) is 12.2 Å². The van der Waals surface area contributed by atoms with E-state index in [1.807, 2.05) is 0 Å². The van der Waals surface area contributed by atoms with Crippen molar-refractivity contribution in [1.82, 2.24) is 15.1 Å². The number of aliphatic hydroxyl groups excluding tert-OH is 1. The van der Waals surface area contributed by atoms with Gasteiger partial charge in [0.15, 0.2) is 0 Å². The van der Waals surface area contributed by atoms with Gasteiger partial charge in [0.05, 0.1) is 21.9 Å². The Labute approximate surface area is 94.6 Å². The number of rotatable bonds is 1. The van der Waals surface area contributed by atoms with Gasteiger partial charge >= 0.3 is 0 Å². The molecule has 2 atom stereocenters. The zero-order chi connectivity index (χ0) is 10.3. The van der Waals surface area contributed by atoms with Crippen LogP contribution in [0.2, 0.25) is 0 Å². The fraction of sp³-hybridized carbons (Fsp3) is 0.500. The topological polar surface area (TPSA) is 67.2 Å². The van der Waals surface area contributed by atoms with Gasteiger partial charge in [-0.25, -0.2) is 0 Å². The van der Waals surface area contributed by atoms with Gasteiger partial charge in [0, 0.05) is 6.54 Å². The summed E-state index contributed by atoms with van der Waals surface area (Å²) in [7, 11) is 0. The molecule has 1 aliphatic heterocycles. The zero-order valence-electron chi connectivity index (χ0n) is 7.57. The van der Waals surface area contributed by atoms with Crippen molar-refractivity contribution in [2.45, 2.75) is 19.1 Å². The number of aliphatic hydroxyl groups is 1. The van der Waals surface area contributed by atoms with Gasteiger partial charge in [-0.1, -0.05) is 0 Å². The maximum Gasteiger partial charge on any atom is 0.270 e. The summed E-state index contributed by atoms with van der Waals surface area (Å²) in [6.07, 6.45) is 1.11. The predicted molar refractivity (Wildman–Crippen MR) is 58.0 cm³/mol. The minimum atomic E-state index is -0.523. The average Bonchev–Trinajstić information content (AvgIpc) is 2.49. The third-order valence-electron chi connectivity index (χ3n) is 2.31. The molecule has 0 saturated carbocycles. The molecule has 14 heavy (non-hydrogen) atoms. The first kappa shape index (κ1) is 9.91. The molecule has 2 unspecified atom stereocenters. The Kier molecular flexibility index (Phi) is 2.48. The molecule has 0 bridgehead atoms. The molecule has 2 heterocycles. The monoisotopic (exact) mass is 307 g/mol. The fourth-order valence-electron chi connectivity index (χ4n) is 1.55. The van der Waals surface area contributed by atoms with Crippen molar-refractivity contribution in [3.8, 4) is 0 Å². The van der Waals surface area contributed by atoms with Crippen LogP contribution in [0.5, 0.6) is 0 Å². The number of hydrogen-bond donors (Lipinski definition) is 2. The molecular weight excluding hydrogens is 297 g/mol. The lowest BCUT2D eigenvalue weighted by Gasteiger charge is -2.26. The first-order chi connectivity index (χ1) is 6.61. The molecule has 0 spiro atoms. The standard InChI is InChI=1S/C8H10IN3O2/c1-4(13)6-3-10-8(14)7-5(9)2-11-12(6)7/h2,4,6,13H,3H2,1H3,(H,10,14). The second-order valence-electron chi connectivity index (χ2n) is 3.30. The maximum atomic E-state index is 11.5. The molecule has 2 rings (SSSR count). The minimum Gasteiger partial charge on any atom is -0.391 e. The molecule has 2 N–H and O–H groups in total. The molecule has 0 fully saturated rings. The normalized spacial score (nSPS) is 22.8. The molecule has 1 amide bonds. The average molecular weight is 307 g/mol. The van der Waals surface area contributed by atoms with Gasteiger partial charge in [0.25, 0.3) is 5.91 Å². The third kappa shape index (κ3) is 1.42. The van der Waals surface area contributed by atoms with Crippen molar-refractivity contribution in [2.75, 3.05) is 6.54 Å². The molecule has 1 aromatic heterocycles. The zero-order valence-corrected chi connectivity index (χ0v) is 9.72. The summed E-state index contributed by atoms with van der Waals surface area (Å²) in [5.41, 5.74) is 0.544. The van der Waals surface area contributed by atoms with Gasteiger partial charge in [0.1, 0.15) is 5.69 Å². The summed E-state index contributed by atoms with van der Waals surface area (Å²) in [4.78, 5) is 11.5. The molecule has 0 saturated heterocycles. The molecule has 1 aromatic rings. The molecule has 0 radical (unpaired) electrons. The van der Waals surface area contributed by atoms with E-state index >= 15 is 0 Å². The Hall–Kier alpha value is -0.630. The summed E-state index contributed by atoms with van der Waals surface area (Å²) >= 11 is 2.06. The van der Waals surface area contributed by atoms with Crippen molar-refractivity contribution in [3.63, 3.8) is 0 Å². The Balaban J connectivity index is 2.48. The number of nitrogens with one attached hydrogen (secondary N) is 1. The van der Waals surface area contributed by atoms with Gasteiger partial charge in [-0.3, -0.25) is 9.48 Å². The second-order valence-corrected chi connectivity index (χ2v) is 4.47. The van der Waals surface area contributed by atoms with Crippen molar-refractivity contribution in [3.05, 3.63) is 15.5 Å². The number of fused-ring (bicyclic) bond motifs is 1. The van der Waals surface area contributed by atoms with Crippen LogP contribution < -0.4 is 5.32 Å². The number of aromatic nitrogens is 2. The van der Waals surface area contributed by atoms with E-state index in [1.165, 1.54) is 0 Å². The smallest absolute Gasteiger partial charge is 0.270 e. The second kappa shape index (κ2) is 3.50. The van der Waals surface area contributed by atoms with E-state index in [9.17, 15) is 9.90 Å². The van der Waals surface area contributed by atoms with Crippen LogP contribution in [0.3, 0.4) is 0 Å². The van der Waals surface area contributed by atoms with Crippen molar-refractivity contribution in [2.24, 2.45) is 0 Å². The van der Waals surface area contributed by atoms with Gasteiger partial charge in [-0.2, -0.15) is 5.10 Å². The lowest BCUT2D eigenvalue weighted by molar-refractivity contribution is 0.0803. The molecule has 1 aliphatic rings. The van der Waals surface area contributed by atoms with Crippen LogP contribution in [0.4, 0.5) is 0 Å². The predicted octanol–water partition coefficient (Wildman–Crippen LogP) is 0.153. The van der Waals surface area contributed by atoms with Crippen LogP contribution in [0, 0.1) is 3.57 Å². The van der Waals surface area contributed by atoms with E-state index in [0.717, 1.165) is 3.57 Å². The first-order valence-electron chi connectivity index (χ1n) is 4.30. The van der Waals surface area contributed by atoms with Crippen LogP contribution in [-0.4, -0.2) is 33.4 Å². The van der Waals surface area contributed by atoms with Crippen LogP contribution >= 0.6 is 22.6 Å². The van der Waals surface area contributed by atoms with E-state index in [-0.39, 0.29) is 11.9 Å². The Morgan fingerprint density at radius 1 is 1.86 bits per heavy atom. The minimum absolute atomic E-state index is 0.121. The van der Waals surface area contributed by atoms with Gasteiger partial charge in [-0.05, 0) is 29.5 Å². The van der Waals surface area contributed by atoms with Crippen molar-refractivity contribution < 1.29 is 9.90 Å². The maximum absolute atomic E-state index is 11.5. The molecule has 6 heteroatoms. The van der Waals surface area contributed by atoms with Gasteiger partial charge in [-0.15, -0.1) is 0 Å². The molecule has 0 aromatic carbocycles. The van der Waals surface area contributed by atoms with E-state index in [2.05, 4.69) is 33.0 Å². The third-order valence-corrected chi connectivity index (χ3v) is 3.10. The number of carbonyl (C=O) groups excluding carboxylic acids is 1. The number of hydrogen-bond acceptors (Lipinski definition) is 3. The summed E-state index contributed by atoms with van der Waals surface area (Å²) in [6, 6.07) is -0.161. The van der Waals surface area contributed by atoms with E-state index in [4.69, 9.17) is 0 Å². The largest absolute Gasteiger partial charge is 0.391 e. The van der Waals surface area contributed by atoms with Crippen LogP contribution in [0.1, 0.15) is 23.5 Å². The van der Waals surface area contributed by atoms with Crippen LogP contribution in [0.25, 0.3) is 0 Å². The molecule has 0 aliphatic carbocycles. The lowest BCUT2D eigenvalue weighted by atomic mass is 10.1. The molecule has 5 nitrogen and oxygen atoms in total. The highest BCUT2D eigenvalue weighted by molar-refractivity contribution is 14.1. The number of amides is 1. The summed E-state index contributed by atoms with van der Waals surface area (Å²) in [5, 5.41) is 16.3. The molecule has 76 valence electrons. The highest BCUT2D eigenvalue weighted by Crippen LogP contribution is 2.21. The quantitative estimate of drug-likeness (QED) is 0.726. The van der Waals surface area contributed by atoms with Crippen molar-refractivity contribution >= 4 is 28.5 Å². The Bertz CT molecular complexity index is 375. The Morgan fingerprint density at radius 3 is 3.21 bits per heavy atom. The highest BCUT2D eigenvalue weighted by Gasteiger charge is 2.30. The molecular formula is C8H10IN3O2. The lowest BCUT2D eigenvalue weighted by Crippen LogP contribution is -2.43. The summed E-state index contributed by atoms with van der Waals surface area (Å²) in [5.74, 6) is -0.121. The fourth-order valence-corrected chi connectivity index (χ4v) is 2.16. The van der Waals surface area contributed by atoms with Crippen LogP contribution in [0.15, 0.2) is 6.20 Å². The van der Waals surface area contributed by atoms with Gasteiger partial charge < -0.3 is 10.4 Å². The first-order valence-corrected chi connectivity index (χ1v) is 5.38. The SMILES string of the molecule is CC(O)C1CNC(=O)c2c(I)cnn21. The summed E-state index contributed by atoms with van der Waals surface area (Å²) in [6.45, 7) is 2.13. The van der Waals surface area contributed by atoms with E-state index < -0.39 is 6.10 Å². The van der Waals surface area contributed by atoms with Crippen molar-refractivity contribution in [1.29, 1.82) is 0 Å². The summed E-state index contributed by atoms with van der Waals surface area (Å²) < 4.78 is 2.41. The Morgan fingerprint density at radius 2 is 2.57 bits per heavy atom. The van der Waals surface area contributed by atoms with E-state index in [1.54, 1.807) is 17.8 Å². The van der Waals surface area contributed by atoms with Gasteiger partial charge in [0.2, 0.25) is 0 Å². The number of carbonyl (C=O) groups is 1. The number of halogens is 1.